The highest BCUT2D eigenvalue weighted by molar-refractivity contribution is 5.84. The lowest BCUT2D eigenvalue weighted by Crippen LogP contribution is -2.37. The van der Waals surface area contributed by atoms with Crippen molar-refractivity contribution in [1.82, 2.24) is 9.97 Å². The van der Waals surface area contributed by atoms with Gasteiger partial charge in [0.1, 0.15) is 11.5 Å². The Hall–Kier alpha value is -7.10. The molecule has 3 atom stereocenters. The topological polar surface area (TPSA) is 35.0 Å². The van der Waals surface area contributed by atoms with Gasteiger partial charge < -0.3 is 4.74 Å². The number of allylic oxidation sites excluding steroid dienone is 4. The molecule has 0 saturated heterocycles. The Balaban J connectivity index is 1.03. The molecule has 0 fully saturated rings. The maximum absolute atomic E-state index is 6.70. The van der Waals surface area contributed by atoms with Crippen molar-refractivity contribution in [2.45, 2.75) is 11.3 Å². The molecule has 7 aromatic carbocycles. The van der Waals surface area contributed by atoms with E-state index in [2.05, 4.69) is 188 Å². The van der Waals surface area contributed by atoms with Crippen LogP contribution in [0.4, 0.5) is 0 Å². The van der Waals surface area contributed by atoms with E-state index in [1.54, 1.807) is 0 Å². The molecule has 0 N–H and O–H groups in total. The second-order valence-corrected chi connectivity index (χ2v) is 14.8. The van der Waals surface area contributed by atoms with Crippen LogP contribution in [0.15, 0.2) is 206 Å². The smallest absolute Gasteiger partial charge is 0.160 e. The van der Waals surface area contributed by atoms with E-state index in [0.717, 1.165) is 61.8 Å². The van der Waals surface area contributed by atoms with Gasteiger partial charge >= 0.3 is 0 Å². The van der Waals surface area contributed by atoms with E-state index in [-0.39, 0.29) is 17.3 Å². The monoisotopic (exact) mass is 716 g/mol. The molecule has 0 amide bonds. The summed E-state index contributed by atoms with van der Waals surface area (Å²) in [6.07, 6.45) is 9.21. The fourth-order valence-electron chi connectivity index (χ4n) is 9.40. The van der Waals surface area contributed by atoms with Gasteiger partial charge in [0, 0.05) is 39.7 Å². The number of aromatic nitrogens is 2. The second kappa shape index (κ2) is 13.0. The molecule has 3 heteroatoms. The Morgan fingerprint density at radius 2 is 1.02 bits per heavy atom. The van der Waals surface area contributed by atoms with Gasteiger partial charge in [0.15, 0.2) is 5.82 Å². The number of ether oxygens (including phenoxy) is 1. The predicted octanol–water partition coefficient (Wildman–Crippen LogP) is 13.1. The summed E-state index contributed by atoms with van der Waals surface area (Å²) in [5.41, 5.74) is 14.2. The van der Waals surface area contributed by atoms with Gasteiger partial charge in [0.05, 0.1) is 16.8 Å². The van der Waals surface area contributed by atoms with Gasteiger partial charge in [-0.3, -0.25) is 0 Å². The van der Waals surface area contributed by atoms with Crippen LogP contribution in [0, 0.1) is 5.92 Å². The Labute approximate surface area is 327 Å². The van der Waals surface area contributed by atoms with Crippen molar-refractivity contribution in [2.24, 2.45) is 5.92 Å². The number of fused-ring (bicyclic) bond motifs is 9. The Morgan fingerprint density at radius 3 is 1.84 bits per heavy atom. The second-order valence-electron chi connectivity index (χ2n) is 14.8. The molecular weight excluding hydrogens is 681 g/mol. The molecule has 0 saturated carbocycles. The van der Waals surface area contributed by atoms with E-state index in [1.165, 1.54) is 22.3 Å². The first kappa shape index (κ1) is 32.3. The van der Waals surface area contributed by atoms with Gasteiger partial charge in [-0.05, 0) is 57.6 Å². The summed E-state index contributed by atoms with van der Waals surface area (Å²) in [6.45, 7) is 0. The number of nitrogens with zero attached hydrogens (tertiary/aromatic N) is 2. The van der Waals surface area contributed by atoms with Crippen LogP contribution in [-0.2, 0) is 5.41 Å². The lowest BCUT2D eigenvalue weighted by atomic mass is 9.61. The van der Waals surface area contributed by atoms with Gasteiger partial charge in [-0.1, -0.05) is 182 Å². The summed E-state index contributed by atoms with van der Waals surface area (Å²) in [7, 11) is 0. The van der Waals surface area contributed by atoms with Crippen LogP contribution in [0.5, 0.6) is 11.5 Å². The standard InChI is InChI=1S/C53H36N2O/c1-3-15-36(16-4-1)40-19-7-8-22-43(40)49-34-48(54-52(55-49)38-17-5-2-6-18-38)37-29-27-35(28-30-37)39-31-32-51-47(33-39)53(46-25-13-14-26-50(46)56-51)44-23-11-9-20-41(44)42-21-10-12-24-45(42)53/h1-34,41,44H. The molecular formula is C53H36N2O. The summed E-state index contributed by atoms with van der Waals surface area (Å²) < 4.78 is 6.70. The zero-order valence-corrected chi connectivity index (χ0v) is 30.6. The molecule has 1 aliphatic heterocycles. The minimum absolute atomic E-state index is 0.226. The number of hydrogen-bond donors (Lipinski definition) is 0. The molecule has 0 radical (unpaired) electrons. The van der Waals surface area contributed by atoms with Crippen molar-refractivity contribution < 1.29 is 4.74 Å². The average molecular weight is 717 g/mol. The summed E-state index contributed by atoms with van der Waals surface area (Å²) >= 11 is 0. The number of benzene rings is 7. The normalized spacial score (nSPS) is 18.4. The first-order chi connectivity index (χ1) is 27.8. The van der Waals surface area contributed by atoms with Crippen LogP contribution in [0.3, 0.4) is 0 Å². The molecule has 11 rings (SSSR count). The first-order valence-electron chi connectivity index (χ1n) is 19.3. The van der Waals surface area contributed by atoms with Crippen LogP contribution >= 0.6 is 0 Å². The Kier molecular flexibility index (Phi) is 7.53. The van der Waals surface area contributed by atoms with Crippen molar-refractivity contribution in [2.75, 3.05) is 0 Å². The lowest BCUT2D eigenvalue weighted by molar-refractivity contribution is 0.374. The Bertz CT molecular complexity index is 2840. The highest BCUT2D eigenvalue weighted by atomic mass is 16.5. The molecule has 56 heavy (non-hydrogen) atoms. The SMILES string of the molecule is C1=CC2c3ccccc3C3(c4ccccc4Oc4ccc(-c5ccc(-c6cc(-c7ccccc7-c7ccccc7)nc(-c7ccccc7)n6)cc5)cc43)C2C=C1. The molecule has 3 nitrogen and oxygen atoms in total. The third-order valence-electron chi connectivity index (χ3n) is 11.9. The van der Waals surface area contributed by atoms with E-state index in [9.17, 15) is 0 Å². The van der Waals surface area contributed by atoms with E-state index >= 15 is 0 Å². The zero-order valence-electron chi connectivity index (χ0n) is 30.6. The van der Waals surface area contributed by atoms with E-state index in [1.807, 2.05) is 18.2 Å². The Morgan fingerprint density at radius 1 is 0.411 bits per heavy atom. The summed E-state index contributed by atoms with van der Waals surface area (Å²) in [4.78, 5) is 10.3. The van der Waals surface area contributed by atoms with E-state index in [0.29, 0.717) is 5.82 Å². The fourth-order valence-corrected chi connectivity index (χ4v) is 9.40. The third-order valence-corrected chi connectivity index (χ3v) is 11.9. The zero-order chi connectivity index (χ0) is 37.1. The molecule has 1 aromatic heterocycles. The molecule has 8 aromatic rings. The summed E-state index contributed by atoms with van der Waals surface area (Å²) in [5, 5.41) is 0. The molecule has 3 unspecified atom stereocenters. The highest BCUT2D eigenvalue weighted by Gasteiger charge is 2.56. The molecule has 2 heterocycles. The van der Waals surface area contributed by atoms with Crippen molar-refractivity contribution in [3.63, 3.8) is 0 Å². The van der Waals surface area contributed by atoms with E-state index < -0.39 is 0 Å². The van der Waals surface area contributed by atoms with Crippen molar-refractivity contribution in [3.05, 3.63) is 229 Å². The van der Waals surface area contributed by atoms with Gasteiger partial charge in [-0.2, -0.15) is 0 Å². The van der Waals surface area contributed by atoms with Crippen LogP contribution in [0.25, 0.3) is 56.2 Å². The average Bonchev–Trinajstić information content (AvgIpc) is 3.57. The third kappa shape index (κ3) is 5.05. The largest absolute Gasteiger partial charge is 0.457 e. The van der Waals surface area contributed by atoms with Crippen molar-refractivity contribution in [1.29, 1.82) is 0 Å². The van der Waals surface area contributed by atoms with Gasteiger partial charge in [-0.25, -0.2) is 9.97 Å². The van der Waals surface area contributed by atoms with Crippen LogP contribution < -0.4 is 4.74 Å². The van der Waals surface area contributed by atoms with E-state index in [4.69, 9.17) is 14.7 Å². The van der Waals surface area contributed by atoms with Crippen molar-refractivity contribution in [3.8, 4) is 67.7 Å². The number of hydrogen-bond acceptors (Lipinski definition) is 3. The summed E-state index contributed by atoms with van der Waals surface area (Å²) in [5.74, 6) is 3.06. The number of rotatable bonds is 5. The molecule has 3 aliphatic rings. The molecule has 2 aliphatic carbocycles. The predicted molar refractivity (Wildman–Crippen MR) is 227 cm³/mol. The van der Waals surface area contributed by atoms with Gasteiger partial charge in [0.2, 0.25) is 0 Å². The molecule has 1 spiro atoms. The van der Waals surface area contributed by atoms with Crippen LogP contribution in [-0.4, -0.2) is 9.97 Å². The maximum atomic E-state index is 6.70. The molecule has 0 bridgehead atoms. The van der Waals surface area contributed by atoms with Crippen molar-refractivity contribution >= 4 is 0 Å². The maximum Gasteiger partial charge on any atom is 0.160 e. The minimum atomic E-state index is -0.385. The fraction of sp³-hybridized carbons (Fsp3) is 0.0566. The van der Waals surface area contributed by atoms with Gasteiger partial charge in [-0.15, -0.1) is 0 Å². The van der Waals surface area contributed by atoms with Gasteiger partial charge in [0.25, 0.3) is 0 Å². The van der Waals surface area contributed by atoms with Crippen LogP contribution in [0.2, 0.25) is 0 Å². The summed E-state index contributed by atoms with van der Waals surface area (Å²) in [6, 6.07) is 64.6. The lowest BCUT2D eigenvalue weighted by Gasteiger charge is -2.43. The molecule has 264 valence electrons. The number of para-hydroxylation sites is 1. The first-order valence-corrected chi connectivity index (χ1v) is 19.3. The quantitative estimate of drug-likeness (QED) is 0.178. The minimum Gasteiger partial charge on any atom is -0.457 e. The highest BCUT2D eigenvalue weighted by Crippen LogP contribution is 2.64. The van der Waals surface area contributed by atoms with Crippen LogP contribution in [0.1, 0.15) is 28.2 Å².